The molecule has 0 saturated carbocycles. The number of methoxy groups -OCH3 is 1. The van der Waals surface area contributed by atoms with E-state index in [1.165, 1.54) is 0 Å². The Morgan fingerprint density at radius 2 is 1.94 bits per heavy atom. The second-order valence-electron chi connectivity index (χ2n) is 5.99. The van der Waals surface area contributed by atoms with Gasteiger partial charge in [-0.1, -0.05) is 20.8 Å². The van der Waals surface area contributed by atoms with Crippen molar-refractivity contribution in [3.63, 3.8) is 0 Å². The highest BCUT2D eigenvalue weighted by Gasteiger charge is 2.27. The van der Waals surface area contributed by atoms with Crippen LogP contribution >= 0.6 is 11.3 Å². The van der Waals surface area contributed by atoms with Gasteiger partial charge in [0.1, 0.15) is 0 Å². The minimum Gasteiger partial charge on any atom is -0.377 e. The smallest absolute Gasteiger partial charge is 0.0945 e. The Balaban J connectivity index is 2.74. The van der Waals surface area contributed by atoms with Crippen molar-refractivity contribution in [2.45, 2.75) is 58.1 Å². The maximum Gasteiger partial charge on any atom is 0.0945 e. The topological polar surface area (TPSA) is 48.1 Å². The summed E-state index contributed by atoms with van der Waals surface area (Å²) < 4.78 is 5.40. The highest BCUT2D eigenvalue weighted by Crippen LogP contribution is 2.25. The zero-order valence-electron chi connectivity index (χ0n) is 11.7. The highest BCUT2D eigenvalue weighted by atomic mass is 32.1. The first-order chi connectivity index (χ1) is 7.66. The van der Waals surface area contributed by atoms with Gasteiger partial charge in [0.15, 0.2) is 0 Å². The lowest BCUT2D eigenvalue weighted by Gasteiger charge is -2.29. The normalized spacial score (nSPS) is 15.0. The molecule has 1 aromatic rings. The molecule has 2 N–H and O–H groups in total. The maximum atomic E-state index is 6.15. The van der Waals surface area contributed by atoms with Crippen LogP contribution in [0, 0.1) is 0 Å². The van der Waals surface area contributed by atoms with Crippen LogP contribution in [0.5, 0.6) is 0 Å². The summed E-state index contributed by atoms with van der Waals surface area (Å²) in [5.41, 5.74) is 7.09. The fraction of sp³-hybridized carbons (Fsp3) is 0.769. The maximum absolute atomic E-state index is 6.15. The van der Waals surface area contributed by atoms with Crippen molar-refractivity contribution >= 4 is 11.3 Å². The van der Waals surface area contributed by atoms with E-state index < -0.39 is 0 Å². The minimum absolute atomic E-state index is 0.0357. The van der Waals surface area contributed by atoms with Crippen LogP contribution in [0.4, 0.5) is 0 Å². The van der Waals surface area contributed by atoms with E-state index in [0.717, 1.165) is 17.1 Å². The SMILES string of the molecule is COC(C)(C)C(N)Cc1nc(C(C)(C)C)cs1. The van der Waals surface area contributed by atoms with Crippen LogP contribution in [-0.2, 0) is 16.6 Å². The van der Waals surface area contributed by atoms with Crippen LogP contribution in [0.15, 0.2) is 5.38 Å². The van der Waals surface area contributed by atoms with Gasteiger partial charge < -0.3 is 10.5 Å². The van der Waals surface area contributed by atoms with Gasteiger partial charge in [-0.05, 0) is 13.8 Å². The third-order valence-electron chi connectivity index (χ3n) is 3.13. The number of nitrogens with zero attached hydrogens (tertiary/aromatic N) is 1. The predicted octanol–water partition coefficient (Wildman–Crippen LogP) is 2.74. The lowest BCUT2D eigenvalue weighted by Crippen LogP contribution is -2.46. The van der Waals surface area contributed by atoms with Crippen LogP contribution in [0.2, 0.25) is 0 Å². The Hall–Kier alpha value is -0.450. The number of nitrogens with two attached hydrogens (primary N) is 1. The van der Waals surface area contributed by atoms with Crippen LogP contribution < -0.4 is 5.73 Å². The molecule has 98 valence electrons. The minimum atomic E-state index is -0.312. The second-order valence-corrected chi connectivity index (χ2v) is 6.94. The molecule has 0 aromatic carbocycles. The molecule has 3 nitrogen and oxygen atoms in total. The van der Waals surface area contributed by atoms with Crippen LogP contribution in [-0.4, -0.2) is 23.7 Å². The molecule has 17 heavy (non-hydrogen) atoms. The number of hydrogen-bond donors (Lipinski definition) is 1. The summed E-state index contributed by atoms with van der Waals surface area (Å²) >= 11 is 1.68. The third-order valence-corrected chi connectivity index (χ3v) is 4.00. The first-order valence-electron chi connectivity index (χ1n) is 5.92. The van der Waals surface area contributed by atoms with E-state index in [-0.39, 0.29) is 17.1 Å². The molecule has 0 spiro atoms. The van der Waals surface area contributed by atoms with E-state index >= 15 is 0 Å². The summed E-state index contributed by atoms with van der Waals surface area (Å²) in [5.74, 6) is 0. The van der Waals surface area contributed by atoms with Gasteiger partial charge in [0.2, 0.25) is 0 Å². The lowest BCUT2D eigenvalue weighted by molar-refractivity contribution is 0.000785. The monoisotopic (exact) mass is 256 g/mol. The Kier molecular flexibility index (Phi) is 4.33. The fourth-order valence-corrected chi connectivity index (χ4v) is 2.42. The number of thiazole rings is 1. The predicted molar refractivity (Wildman–Crippen MR) is 73.6 cm³/mol. The van der Waals surface area contributed by atoms with Gasteiger partial charge in [-0.3, -0.25) is 0 Å². The molecule has 0 amide bonds. The third kappa shape index (κ3) is 3.76. The number of aromatic nitrogens is 1. The zero-order chi connectivity index (χ0) is 13.3. The van der Waals surface area contributed by atoms with Gasteiger partial charge in [0.25, 0.3) is 0 Å². The van der Waals surface area contributed by atoms with E-state index in [9.17, 15) is 0 Å². The van der Waals surface area contributed by atoms with Crippen LogP contribution in [0.25, 0.3) is 0 Å². The van der Waals surface area contributed by atoms with Crippen molar-refractivity contribution < 1.29 is 4.74 Å². The highest BCUT2D eigenvalue weighted by molar-refractivity contribution is 7.09. The summed E-state index contributed by atoms with van der Waals surface area (Å²) in [6.45, 7) is 10.5. The van der Waals surface area contributed by atoms with E-state index in [1.807, 2.05) is 13.8 Å². The van der Waals surface area contributed by atoms with E-state index in [2.05, 4.69) is 31.1 Å². The van der Waals surface area contributed by atoms with Crippen LogP contribution in [0.3, 0.4) is 0 Å². The number of rotatable bonds is 4. The van der Waals surface area contributed by atoms with Crippen molar-refractivity contribution in [3.8, 4) is 0 Å². The summed E-state index contributed by atoms with van der Waals surface area (Å²) in [5, 5.41) is 3.22. The van der Waals surface area contributed by atoms with Crippen molar-refractivity contribution in [1.29, 1.82) is 0 Å². The fourth-order valence-electron chi connectivity index (χ4n) is 1.33. The molecule has 1 rings (SSSR count). The Bertz CT molecular complexity index is 366. The molecule has 0 bridgehead atoms. The van der Waals surface area contributed by atoms with Gasteiger partial charge in [-0.15, -0.1) is 11.3 Å². The van der Waals surface area contributed by atoms with Gasteiger partial charge in [0, 0.05) is 30.4 Å². The Morgan fingerprint density at radius 1 is 1.35 bits per heavy atom. The summed E-state index contributed by atoms with van der Waals surface area (Å²) in [7, 11) is 1.70. The molecule has 1 unspecified atom stereocenters. The standard InChI is InChI=1S/C13H24N2OS/c1-12(2,3)10-8-17-11(15-10)7-9(14)13(4,5)16-6/h8-9H,7,14H2,1-6H3. The molecule has 0 aliphatic rings. The molecule has 0 aliphatic heterocycles. The van der Waals surface area contributed by atoms with Crippen molar-refractivity contribution in [2.24, 2.45) is 5.73 Å². The number of ether oxygens (including phenoxy) is 1. The average Bonchev–Trinajstić information content (AvgIpc) is 2.65. The van der Waals surface area contributed by atoms with Gasteiger partial charge in [-0.2, -0.15) is 0 Å². The summed E-state index contributed by atoms with van der Waals surface area (Å²) in [6.07, 6.45) is 0.765. The second kappa shape index (κ2) is 5.04. The summed E-state index contributed by atoms with van der Waals surface area (Å²) in [4.78, 5) is 4.65. The van der Waals surface area contributed by atoms with E-state index in [1.54, 1.807) is 18.4 Å². The van der Waals surface area contributed by atoms with Crippen molar-refractivity contribution in [1.82, 2.24) is 4.98 Å². The average molecular weight is 256 g/mol. The van der Waals surface area contributed by atoms with E-state index in [4.69, 9.17) is 10.5 Å². The first-order valence-corrected chi connectivity index (χ1v) is 6.80. The largest absolute Gasteiger partial charge is 0.377 e. The molecule has 1 aromatic heterocycles. The van der Waals surface area contributed by atoms with Crippen LogP contribution in [0.1, 0.15) is 45.3 Å². The molecule has 0 aliphatic carbocycles. The molecule has 1 atom stereocenters. The number of hydrogen-bond acceptors (Lipinski definition) is 4. The molecular weight excluding hydrogens is 232 g/mol. The Morgan fingerprint density at radius 3 is 2.35 bits per heavy atom. The molecule has 1 heterocycles. The van der Waals surface area contributed by atoms with Crippen molar-refractivity contribution in [3.05, 3.63) is 16.1 Å². The quantitative estimate of drug-likeness (QED) is 0.901. The van der Waals surface area contributed by atoms with E-state index in [0.29, 0.717) is 0 Å². The molecule has 0 saturated heterocycles. The van der Waals surface area contributed by atoms with Gasteiger partial charge in [0.05, 0.1) is 16.3 Å². The molecule has 4 heteroatoms. The van der Waals surface area contributed by atoms with Gasteiger partial charge in [-0.25, -0.2) is 4.98 Å². The van der Waals surface area contributed by atoms with Crippen molar-refractivity contribution in [2.75, 3.05) is 7.11 Å². The molecule has 0 radical (unpaired) electrons. The van der Waals surface area contributed by atoms with Gasteiger partial charge >= 0.3 is 0 Å². The first kappa shape index (κ1) is 14.6. The Labute approximate surface area is 108 Å². The molecular formula is C13H24N2OS. The summed E-state index contributed by atoms with van der Waals surface area (Å²) in [6, 6.07) is -0.0357. The zero-order valence-corrected chi connectivity index (χ0v) is 12.5. The lowest BCUT2D eigenvalue weighted by atomic mass is 9.93. The molecule has 0 fully saturated rings.